The zero-order valence-corrected chi connectivity index (χ0v) is 13.5. The van der Waals surface area contributed by atoms with Gasteiger partial charge in [-0.25, -0.2) is 0 Å². The van der Waals surface area contributed by atoms with Crippen LogP contribution in [0.4, 0.5) is 5.69 Å². The molecule has 0 fully saturated rings. The Hall–Kier alpha value is -0.950. The number of nitro groups is 1. The number of benzene rings is 1. The second kappa shape index (κ2) is 7.00. The van der Waals surface area contributed by atoms with Crippen LogP contribution >= 0.6 is 31.9 Å². The summed E-state index contributed by atoms with van der Waals surface area (Å²) in [6.45, 7) is 1.95. The van der Waals surface area contributed by atoms with Gasteiger partial charge in [0.15, 0.2) is 0 Å². The highest BCUT2D eigenvalue weighted by atomic mass is 79.9. The van der Waals surface area contributed by atoms with Crippen molar-refractivity contribution in [3.05, 3.63) is 39.9 Å². The number of amides is 1. The van der Waals surface area contributed by atoms with Gasteiger partial charge in [-0.05, 0) is 12.5 Å². The first-order valence-electron chi connectivity index (χ1n) is 5.67. The minimum Gasteiger partial charge on any atom is -0.345 e. The lowest BCUT2D eigenvalue weighted by atomic mass is 10.0. The van der Waals surface area contributed by atoms with Gasteiger partial charge in [0.1, 0.15) is 5.56 Å². The summed E-state index contributed by atoms with van der Waals surface area (Å²) in [4.78, 5) is 22.6. The summed E-state index contributed by atoms with van der Waals surface area (Å²) in [7, 11) is 0. The molecule has 0 aliphatic heterocycles. The second-order valence-corrected chi connectivity index (χ2v) is 5.25. The lowest BCUT2D eigenvalue weighted by molar-refractivity contribution is -0.385. The van der Waals surface area contributed by atoms with E-state index in [2.05, 4.69) is 37.2 Å². The molecule has 0 atom stereocenters. The first-order chi connectivity index (χ1) is 8.99. The smallest absolute Gasteiger partial charge is 0.282 e. The molecular weight excluding hydrogens is 380 g/mol. The summed E-state index contributed by atoms with van der Waals surface area (Å²) < 4.78 is 0. The molecule has 1 aromatic rings. The van der Waals surface area contributed by atoms with Crippen LogP contribution in [0.1, 0.15) is 23.7 Å². The largest absolute Gasteiger partial charge is 0.345 e. The maximum atomic E-state index is 12.2. The maximum Gasteiger partial charge on any atom is 0.282 e. The molecule has 0 spiro atoms. The molecule has 0 aromatic heterocycles. The number of alkyl halides is 2. The molecule has 1 amide bonds. The van der Waals surface area contributed by atoms with Crippen molar-refractivity contribution in [2.24, 2.45) is 0 Å². The van der Waals surface area contributed by atoms with Crippen LogP contribution in [0.3, 0.4) is 0 Å². The SMILES string of the molecule is CCC(CBr)(CBr)NC(=O)c1ccccc1[N+](=O)[O-]. The van der Waals surface area contributed by atoms with Gasteiger partial charge < -0.3 is 5.32 Å². The van der Waals surface area contributed by atoms with E-state index in [9.17, 15) is 14.9 Å². The van der Waals surface area contributed by atoms with E-state index in [1.165, 1.54) is 18.2 Å². The van der Waals surface area contributed by atoms with E-state index in [4.69, 9.17) is 0 Å². The fraction of sp³-hybridized carbons (Fsp3) is 0.417. The lowest BCUT2D eigenvalue weighted by Gasteiger charge is -2.29. The van der Waals surface area contributed by atoms with Crippen molar-refractivity contribution in [1.29, 1.82) is 0 Å². The molecule has 19 heavy (non-hydrogen) atoms. The fourth-order valence-corrected chi connectivity index (χ4v) is 3.51. The molecule has 0 aliphatic carbocycles. The number of nitro benzene ring substituents is 1. The molecule has 0 heterocycles. The molecule has 0 unspecified atom stereocenters. The van der Waals surface area contributed by atoms with Crippen molar-refractivity contribution in [3.8, 4) is 0 Å². The van der Waals surface area contributed by atoms with Gasteiger partial charge in [-0.15, -0.1) is 0 Å². The van der Waals surface area contributed by atoms with Crippen molar-refractivity contribution in [3.63, 3.8) is 0 Å². The van der Waals surface area contributed by atoms with Crippen LogP contribution in [0.2, 0.25) is 0 Å². The number of nitrogens with zero attached hydrogens (tertiary/aromatic N) is 1. The molecule has 1 N–H and O–H groups in total. The monoisotopic (exact) mass is 392 g/mol. The Morgan fingerprint density at radius 2 is 1.95 bits per heavy atom. The molecule has 104 valence electrons. The van der Waals surface area contributed by atoms with Crippen molar-refractivity contribution < 1.29 is 9.72 Å². The standard InChI is InChI=1S/C12H14Br2N2O3/c1-2-12(7-13,8-14)15-11(17)9-5-3-4-6-10(9)16(18)19/h3-6H,2,7-8H2,1H3,(H,15,17). The summed E-state index contributed by atoms with van der Waals surface area (Å²) in [5.41, 5.74) is -0.567. The molecule has 0 saturated carbocycles. The van der Waals surface area contributed by atoms with Crippen molar-refractivity contribution >= 4 is 43.5 Å². The van der Waals surface area contributed by atoms with Crippen LogP contribution in [-0.4, -0.2) is 27.0 Å². The lowest BCUT2D eigenvalue weighted by Crippen LogP contribution is -2.51. The van der Waals surface area contributed by atoms with Gasteiger partial charge in [0.2, 0.25) is 0 Å². The minimum absolute atomic E-state index is 0.0761. The first-order valence-corrected chi connectivity index (χ1v) is 7.92. The van der Waals surface area contributed by atoms with Gasteiger partial charge in [-0.1, -0.05) is 50.9 Å². The summed E-state index contributed by atoms with van der Waals surface area (Å²) >= 11 is 6.73. The van der Waals surface area contributed by atoms with Crippen LogP contribution in [0.5, 0.6) is 0 Å². The third kappa shape index (κ3) is 3.76. The maximum absolute atomic E-state index is 12.2. The highest BCUT2D eigenvalue weighted by molar-refractivity contribution is 9.09. The van der Waals surface area contributed by atoms with Crippen molar-refractivity contribution in [2.75, 3.05) is 10.7 Å². The highest BCUT2D eigenvalue weighted by Gasteiger charge is 2.30. The summed E-state index contributed by atoms with van der Waals surface area (Å²) in [6.07, 6.45) is 0.704. The zero-order chi connectivity index (χ0) is 14.5. The number of rotatable bonds is 6. The topological polar surface area (TPSA) is 72.2 Å². The van der Waals surface area contributed by atoms with Crippen molar-refractivity contribution in [1.82, 2.24) is 5.32 Å². The summed E-state index contributed by atoms with van der Waals surface area (Å²) in [5, 5.41) is 14.9. The number of hydrogen-bond donors (Lipinski definition) is 1. The van der Waals surface area contributed by atoms with Crippen LogP contribution in [0.25, 0.3) is 0 Å². The molecular formula is C12H14Br2N2O3. The van der Waals surface area contributed by atoms with E-state index in [1.54, 1.807) is 6.07 Å². The average Bonchev–Trinajstić information content (AvgIpc) is 2.44. The summed E-state index contributed by atoms with van der Waals surface area (Å²) in [5.74, 6) is -0.437. The quantitative estimate of drug-likeness (QED) is 0.458. The van der Waals surface area contributed by atoms with E-state index in [1.807, 2.05) is 6.92 Å². The number of para-hydroxylation sites is 1. The first kappa shape index (κ1) is 16.1. The Morgan fingerprint density at radius 1 is 1.37 bits per heavy atom. The third-order valence-corrected chi connectivity index (χ3v) is 5.06. The van der Waals surface area contributed by atoms with E-state index < -0.39 is 16.4 Å². The van der Waals surface area contributed by atoms with E-state index in [0.29, 0.717) is 17.1 Å². The molecule has 0 saturated heterocycles. The number of carbonyl (C=O) groups is 1. The number of halogens is 2. The molecule has 0 bridgehead atoms. The molecule has 1 aromatic carbocycles. The van der Waals surface area contributed by atoms with Crippen LogP contribution < -0.4 is 5.32 Å². The Labute approximate surface area is 128 Å². The molecule has 0 radical (unpaired) electrons. The normalized spacial score (nSPS) is 11.1. The van der Waals surface area contributed by atoms with Gasteiger partial charge >= 0.3 is 0 Å². The van der Waals surface area contributed by atoms with Gasteiger partial charge in [0.05, 0.1) is 10.5 Å². The van der Waals surface area contributed by atoms with Gasteiger partial charge in [0.25, 0.3) is 11.6 Å². The number of hydrogen-bond acceptors (Lipinski definition) is 3. The van der Waals surface area contributed by atoms with Gasteiger partial charge in [0, 0.05) is 16.7 Å². The Balaban J connectivity index is 3.05. The molecule has 7 heteroatoms. The predicted octanol–water partition coefficient (Wildman–Crippen LogP) is 3.26. The molecule has 1 rings (SSSR count). The molecule has 0 aliphatic rings. The molecule has 5 nitrogen and oxygen atoms in total. The summed E-state index contributed by atoms with van der Waals surface area (Å²) in [6, 6.07) is 5.93. The average molecular weight is 394 g/mol. The van der Waals surface area contributed by atoms with Crippen LogP contribution in [0, 0.1) is 10.1 Å². The van der Waals surface area contributed by atoms with E-state index >= 15 is 0 Å². The third-order valence-electron chi connectivity index (χ3n) is 2.91. The van der Waals surface area contributed by atoms with Crippen LogP contribution in [-0.2, 0) is 0 Å². The van der Waals surface area contributed by atoms with E-state index in [0.717, 1.165) is 0 Å². The fourth-order valence-electron chi connectivity index (χ4n) is 1.51. The Kier molecular flexibility index (Phi) is 5.93. The minimum atomic E-state index is -0.551. The Morgan fingerprint density at radius 3 is 2.42 bits per heavy atom. The number of carbonyl (C=O) groups excluding carboxylic acids is 1. The zero-order valence-electron chi connectivity index (χ0n) is 10.4. The van der Waals surface area contributed by atoms with Gasteiger partial charge in [-0.3, -0.25) is 14.9 Å². The van der Waals surface area contributed by atoms with Crippen molar-refractivity contribution in [2.45, 2.75) is 18.9 Å². The predicted molar refractivity (Wildman–Crippen MR) is 81.2 cm³/mol. The van der Waals surface area contributed by atoms with Crippen LogP contribution in [0.15, 0.2) is 24.3 Å². The van der Waals surface area contributed by atoms with E-state index in [-0.39, 0.29) is 11.3 Å². The number of nitrogens with one attached hydrogen (secondary N) is 1. The highest BCUT2D eigenvalue weighted by Crippen LogP contribution is 2.21. The van der Waals surface area contributed by atoms with Gasteiger partial charge in [-0.2, -0.15) is 0 Å². The second-order valence-electron chi connectivity index (χ2n) is 4.13. The Bertz CT molecular complexity index is 468.